The highest BCUT2D eigenvalue weighted by molar-refractivity contribution is 7.25. The van der Waals surface area contributed by atoms with Crippen LogP contribution >= 0.6 is 11.3 Å². The summed E-state index contributed by atoms with van der Waals surface area (Å²) in [5.41, 5.74) is 11.8. The van der Waals surface area contributed by atoms with Crippen LogP contribution in [0.1, 0.15) is 0 Å². The number of fused-ring (bicyclic) bond motifs is 11. The first-order valence-electron chi connectivity index (χ1n) is 19.0. The van der Waals surface area contributed by atoms with Crippen molar-refractivity contribution < 1.29 is 4.42 Å². The van der Waals surface area contributed by atoms with Gasteiger partial charge in [0.1, 0.15) is 0 Å². The summed E-state index contributed by atoms with van der Waals surface area (Å²) in [6.07, 6.45) is 0. The third-order valence-electron chi connectivity index (χ3n) is 11.4. The molecular weight excluding hydrogens is 701 g/mol. The van der Waals surface area contributed by atoms with Gasteiger partial charge in [0, 0.05) is 48.2 Å². The van der Waals surface area contributed by atoms with Crippen LogP contribution in [0.3, 0.4) is 0 Å². The molecule has 0 aliphatic rings. The van der Waals surface area contributed by atoms with Crippen molar-refractivity contribution in [2.24, 2.45) is 0 Å². The Morgan fingerprint density at radius 2 is 1.11 bits per heavy atom. The molecule has 12 aromatic rings. The van der Waals surface area contributed by atoms with Crippen LogP contribution in [0.15, 0.2) is 199 Å². The van der Waals surface area contributed by atoms with E-state index in [1.807, 2.05) is 11.3 Å². The molecule has 9 aromatic carbocycles. The number of oxazole rings is 1. The summed E-state index contributed by atoms with van der Waals surface area (Å²) in [5, 5.41) is 8.75. The second-order valence-corrected chi connectivity index (χ2v) is 15.6. The molecule has 0 saturated heterocycles. The molecule has 3 aromatic heterocycles. The maximum atomic E-state index is 6.74. The third-order valence-corrected chi connectivity index (χ3v) is 12.5. The van der Waals surface area contributed by atoms with E-state index >= 15 is 0 Å². The van der Waals surface area contributed by atoms with Crippen molar-refractivity contribution in [3.05, 3.63) is 194 Å². The van der Waals surface area contributed by atoms with Crippen LogP contribution in [0.2, 0.25) is 0 Å². The molecule has 0 unspecified atom stereocenters. The average Bonchev–Trinajstić information content (AvgIpc) is 3.93. The maximum absolute atomic E-state index is 6.74. The topological polar surface area (TPSA) is 20.8 Å². The summed E-state index contributed by atoms with van der Waals surface area (Å²) in [4.78, 5) is 2.40. The van der Waals surface area contributed by atoms with E-state index < -0.39 is 0 Å². The highest BCUT2D eigenvalue weighted by Gasteiger charge is 2.22. The molecule has 0 aliphatic carbocycles. The lowest BCUT2D eigenvalue weighted by Crippen LogP contribution is -2.09. The second kappa shape index (κ2) is 12.2. The quantitative estimate of drug-likeness (QED) is 0.164. The van der Waals surface area contributed by atoms with E-state index in [4.69, 9.17) is 4.42 Å². The van der Waals surface area contributed by atoms with Crippen molar-refractivity contribution in [1.82, 2.24) is 4.40 Å². The first-order chi connectivity index (χ1) is 27.8. The average molecular weight is 733 g/mol. The minimum atomic E-state index is 0.864. The lowest BCUT2D eigenvalue weighted by Gasteiger charge is -2.26. The van der Waals surface area contributed by atoms with Gasteiger partial charge in [0.2, 0.25) is 5.71 Å². The zero-order valence-electron chi connectivity index (χ0n) is 30.2. The van der Waals surface area contributed by atoms with E-state index in [9.17, 15) is 0 Å². The van der Waals surface area contributed by atoms with Crippen molar-refractivity contribution in [2.75, 3.05) is 4.90 Å². The van der Waals surface area contributed by atoms with Crippen LogP contribution in [0.25, 0.3) is 91.7 Å². The minimum Gasteiger partial charge on any atom is -0.438 e. The highest BCUT2D eigenvalue weighted by Crippen LogP contribution is 2.44. The van der Waals surface area contributed by atoms with Crippen molar-refractivity contribution in [3.8, 4) is 22.3 Å². The van der Waals surface area contributed by atoms with Crippen molar-refractivity contribution >= 4 is 97.8 Å². The lowest BCUT2D eigenvalue weighted by molar-refractivity contribution is 0.658. The largest absolute Gasteiger partial charge is 0.438 e. The van der Waals surface area contributed by atoms with Gasteiger partial charge in [0.25, 0.3) is 0 Å². The number of rotatable bonds is 5. The lowest BCUT2D eigenvalue weighted by atomic mass is 10.0. The molecule has 0 radical (unpaired) electrons. The van der Waals surface area contributed by atoms with Crippen LogP contribution < -0.4 is 4.90 Å². The molecule has 4 heteroatoms. The fourth-order valence-corrected chi connectivity index (χ4v) is 9.91. The van der Waals surface area contributed by atoms with Gasteiger partial charge in [-0.15, -0.1) is 11.3 Å². The molecule has 0 N–H and O–H groups in total. The molecule has 3 nitrogen and oxygen atoms in total. The Bertz CT molecular complexity index is 3480. The predicted molar refractivity (Wildman–Crippen MR) is 238 cm³/mol. The summed E-state index contributed by atoms with van der Waals surface area (Å²) >= 11 is 1.85. The fraction of sp³-hybridized carbons (Fsp3) is 0. The molecule has 0 atom stereocenters. The van der Waals surface area contributed by atoms with Gasteiger partial charge >= 0.3 is 0 Å². The highest BCUT2D eigenvalue weighted by atomic mass is 32.1. The molecule has 262 valence electrons. The van der Waals surface area contributed by atoms with Crippen LogP contribution in [-0.4, -0.2) is 4.40 Å². The number of hydrogen-bond acceptors (Lipinski definition) is 3. The molecule has 0 amide bonds. The zero-order chi connectivity index (χ0) is 36.7. The van der Waals surface area contributed by atoms with Gasteiger partial charge in [-0.05, 0) is 93.3 Å². The summed E-state index contributed by atoms with van der Waals surface area (Å²) in [7, 11) is 0. The van der Waals surface area contributed by atoms with Crippen molar-refractivity contribution in [3.63, 3.8) is 0 Å². The third kappa shape index (κ3) is 4.70. The van der Waals surface area contributed by atoms with E-state index in [2.05, 4.69) is 203 Å². The zero-order valence-corrected chi connectivity index (χ0v) is 31.0. The maximum Gasteiger partial charge on any atom is 0.213 e. The monoisotopic (exact) mass is 732 g/mol. The molecular formula is C52H32N2OS. The smallest absolute Gasteiger partial charge is 0.213 e. The number of benzene rings is 9. The van der Waals surface area contributed by atoms with Gasteiger partial charge in [-0.2, -0.15) is 0 Å². The Morgan fingerprint density at radius 1 is 0.429 bits per heavy atom. The second-order valence-electron chi connectivity index (χ2n) is 14.5. The molecule has 0 fully saturated rings. The van der Waals surface area contributed by atoms with Gasteiger partial charge in [-0.1, -0.05) is 133 Å². The van der Waals surface area contributed by atoms with Gasteiger partial charge < -0.3 is 9.32 Å². The van der Waals surface area contributed by atoms with E-state index in [-0.39, 0.29) is 0 Å². The molecule has 56 heavy (non-hydrogen) atoms. The van der Waals surface area contributed by atoms with E-state index in [0.717, 1.165) is 61.6 Å². The van der Waals surface area contributed by atoms with E-state index in [1.54, 1.807) is 0 Å². The van der Waals surface area contributed by atoms with Crippen LogP contribution in [-0.2, 0) is 0 Å². The summed E-state index contributed by atoms with van der Waals surface area (Å²) in [5.74, 6) is 0. The van der Waals surface area contributed by atoms with Crippen LogP contribution in [0, 0.1) is 0 Å². The van der Waals surface area contributed by atoms with Crippen molar-refractivity contribution in [1.29, 1.82) is 0 Å². The molecule has 0 spiro atoms. The normalized spacial score (nSPS) is 11.9. The molecule has 0 aliphatic heterocycles. The number of para-hydroxylation sites is 2. The predicted octanol–water partition coefficient (Wildman–Crippen LogP) is 15.3. The minimum absolute atomic E-state index is 0.864. The number of aromatic nitrogens is 1. The van der Waals surface area contributed by atoms with Gasteiger partial charge in [-0.25, -0.2) is 0 Å². The number of thiophene rings is 1. The van der Waals surface area contributed by atoms with Gasteiger partial charge in [-0.3, -0.25) is 4.40 Å². The van der Waals surface area contributed by atoms with Gasteiger partial charge in [0.05, 0.1) is 16.6 Å². The van der Waals surface area contributed by atoms with Crippen LogP contribution in [0.5, 0.6) is 0 Å². The Labute approximate surface area is 326 Å². The first-order valence-corrected chi connectivity index (χ1v) is 19.8. The number of anilines is 3. The molecule has 3 heterocycles. The number of hydrogen-bond donors (Lipinski definition) is 0. The van der Waals surface area contributed by atoms with E-state index in [0.29, 0.717) is 0 Å². The summed E-state index contributed by atoms with van der Waals surface area (Å²) in [6, 6.07) is 70.2. The van der Waals surface area contributed by atoms with E-state index in [1.165, 1.54) is 47.1 Å². The Morgan fingerprint density at radius 3 is 2.00 bits per heavy atom. The molecule has 0 bridgehead atoms. The Hall–Kier alpha value is -7.14. The number of nitrogens with zero attached hydrogens (tertiary/aromatic N) is 2. The summed E-state index contributed by atoms with van der Waals surface area (Å²) in [6.45, 7) is 0. The standard InChI is InChI=1S/C52H32N2OS/c1-2-12-35(13-3-1)50-44-16-6-8-18-46(44)54-51-42(17-10-19-47(51)55-52(50)54)34-23-25-37(26-24-34)53(39-28-30-49-45(32-39)43-15-7-9-20-48(43)56-49)38-27-29-41-36(31-38)22-21-33-11-4-5-14-40(33)41/h1-32H. The Kier molecular flexibility index (Phi) is 6.80. The SMILES string of the molecule is c1ccc(-c2c3ccccc3n3c2oc2cccc(-c4ccc(N(c5ccc6c(ccc7ccccc76)c5)c5ccc6sc7ccccc7c6c5)cc4)c23)cc1. The van der Waals surface area contributed by atoms with Gasteiger partial charge in [0.15, 0.2) is 5.58 Å². The summed E-state index contributed by atoms with van der Waals surface area (Å²) < 4.78 is 11.6. The van der Waals surface area contributed by atoms with Crippen molar-refractivity contribution in [2.45, 2.75) is 0 Å². The molecule has 0 saturated carbocycles. The first kappa shape index (κ1) is 31.2. The Balaban J connectivity index is 1.04. The fourth-order valence-electron chi connectivity index (χ4n) is 8.82. The molecule has 12 rings (SSSR count). The van der Waals surface area contributed by atoms with Crippen LogP contribution in [0.4, 0.5) is 17.1 Å².